The zero-order valence-corrected chi connectivity index (χ0v) is 41.7. The highest BCUT2D eigenvalue weighted by atomic mass is 16.2. The van der Waals surface area contributed by atoms with Gasteiger partial charge < -0.3 is 31.1 Å². The van der Waals surface area contributed by atoms with Gasteiger partial charge in [0.1, 0.15) is 24.2 Å². The first kappa shape index (κ1) is 49.8. The van der Waals surface area contributed by atoms with E-state index in [0.29, 0.717) is 64.5 Å². The fraction of sp³-hybridized carbons (Fsp3) is 0.379. The number of rotatable bonds is 18. The lowest BCUT2D eigenvalue weighted by molar-refractivity contribution is -0.136. The van der Waals surface area contributed by atoms with E-state index in [-0.39, 0.29) is 48.5 Å². The van der Waals surface area contributed by atoms with E-state index in [0.717, 1.165) is 55.9 Å². The van der Waals surface area contributed by atoms with Crippen LogP contribution in [-0.2, 0) is 80.4 Å². The summed E-state index contributed by atoms with van der Waals surface area (Å²) in [5.74, 6) is -1.43. The lowest BCUT2D eigenvalue weighted by atomic mass is 10.0. The number of benzene rings is 5. The summed E-state index contributed by atoms with van der Waals surface area (Å²) in [5, 5.41) is 11.9. The van der Waals surface area contributed by atoms with Crippen molar-refractivity contribution >= 4 is 46.8 Å². The molecule has 0 spiro atoms. The lowest BCUT2D eigenvalue weighted by Crippen LogP contribution is -2.56. The van der Waals surface area contributed by atoms with E-state index in [1.165, 1.54) is 0 Å². The molecule has 0 bridgehead atoms. The van der Waals surface area contributed by atoms with Gasteiger partial charge in [-0.2, -0.15) is 0 Å². The predicted octanol–water partition coefficient (Wildman–Crippen LogP) is 4.82. The Labute approximate surface area is 422 Å². The van der Waals surface area contributed by atoms with E-state index in [4.69, 9.17) is 0 Å². The Kier molecular flexibility index (Phi) is 15.3. The summed E-state index contributed by atoms with van der Waals surface area (Å²) >= 11 is 0. The first-order chi connectivity index (χ1) is 34.9. The Balaban J connectivity index is 0.970. The third-order valence-corrected chi connectivity index (χ3v) is 15.1. The van der Waals surface area contributed by atoms with Crippen molar-refractivity contribution < 1.29 is 28.8 Å². The van der Waals surface area contributed by atoms with Crippen LogP contribution in [-0.4, -0.2) is 109 Å². The molecule has 14 heteroatoms. The number of nitrogens with one attached hydrogen (secondary N) is 4. The molecule has 374 valence electrons. The number of para-hydroxylation sites is 2. The van der Waals surface area contributed by atoms with Gasteiger partial charge in [0.2, 0.25) is 35.4 Å². The molecular formula is C58H66N8O6. The molecule has 0 aromatic heterocycles. The number of hydrogen-bond donors (Lipinski definition) is 4. The van der Waals surface area contributed by atoms with Crippen molar-refractivity contribution in [1.82, 2.24) is 31.1 Å². The lowest BCUT2D eigenvalue weighted by Gasteiger charge is -2.33. The normalized spacial score (nSPS) is 19.6. The zero-order chi connectivity index (χ0) is 50.5. The highest BCUT2D eigenvalue weighted by Crippen LogP contribution is 2.41. The Bertz CT molecular complexity index is 2610. The maximum atomic E-state index is 15.1. The summed E-state index contributed by atoms with van der Waals surface area (Å²) in [6.45, 7) is 4.89. The number of likely N-dealkylation sites (N-methyl/N-ethyl adjacent to an activating group) is 2. The van der Waals surface area contributed by atoms with Crippen LogP contribution in [0.4, 0.5) is 11.4 Å². The number of aryl methyl sites for hydroxylation is 2. The van der Waals surface area contributed by atoms with E-state index >= 15 is 9.59 Å². The predicted molar refractivity (Wildman–Crippen MR) is 278 cm³/mol. The summed E-state index contributed by atoms with van der Waals surface area (Å²) in [6.07, 6.45) is 3.99. The molecule has 4 aliphatic rings. The number of nitrogens with zero attached hydrogens (tertiary/aromatic N) is 4. The van der Waals surface area contributed by atoms with Crippen LogP contribution in [0.5, 0.6) is 0 Å². The summed E-state index contributed by atoms with van der Waals surface area (Å²) in [5.41, 5.74) is 9.39. The van der Waals surface area contributed by atoms with Gasteiger partial charge in [0.25, 0.3) is 0 Å². The minimum absolute atomic E-state index is 0.166. The Morgan fingerprint density at radius 3 is 1.26 bits per heavy atom. The molecule has 5 aromatic rings. The fourth-order valence-electron chi connectivity index (χ4n) is 10.7. The highest BCUT2D eigenvalue weighted by molar-refractivity contribution is 6.09. The molecule has 0 fully saturated rings. The molecule has 72 heavy (non-hydrogen) atoms. The Morgan fingerprint density at radius 2 is 0.889 bits per heavy atom. The van der Waals surface area contributed by atoms with Crippen molar-refractivity contribution in [3.8, 4) is 0 Å². The van der Waals surface area contributed by atoms with Gasteiger partial charge in [-0.15, -0.1) is 0 Å². The van der Waals surface area contributed by atoms with Crippen molar-refractivity contribution in [2.45, 2.75) is 115 Å². The number of amides is 6. The van der Waals surface area contributed by atoms with Crippen LogP contribution in [0.15, 0.2) is 121 Å². The molecule has 6 amide bonds. The van der Waals surface area contributed by atoms with Crippen molar-refractivity contribution in [3.63, 3.8) is 0 Å². The maximum Gasteiger partial charge on any atom is 0.250 e. The van der Waals surface area contributed by atoms with Crippen molar-refractivity contribution in [2.24, 2.45) is 0 Å². The summed E-state index contributed by atoms with van der Waals surface area (Å²) in [7, 11) is 3.40. The molecule has 5 aromatic carbocycles. The van der Waals surface area contributed by atoms with Crippen LogP contribution >= 0.6 is 0 Å². The summed E-state index contributed by atoms with van der Waals surface area (Å²) in [6, 6.07) is 35.9. The SMILES string of the molecule is CN[C@@H](C)C(=O)N[C@H]1CCc2cccc3c2N(C1=O)[C@H](C(=O)N(CCc1ccccc1)Cc1ccc(CN(CCc2ccccc2)C(=O)[C@@H]2Cc4cccc5c4N2C(=O)[C@@H](NC(=O)[C@H](C)NC)CC5)cc1)C3. The van der Waals surface area contributed by atoms with E-state index in [1.807, 2.05) is 131 Å². The highest BCUT2D eigenvalue weighted by Gasteiger charge is 2.47. The first-order valence-corrected chi connectivity index (χ1v) is 25.5. The van der Waals surface area contributed by atoms with Gasteiger partial charge in [0.05, 0.1) is 23.5 Å². The smallest absolute Gasteiger partial charge is 0.250 e. The zero-order valence-electron chi connectivity index (χ0n) is 41.7. The average molecular weight is 971 g/mol. The first-order valence-electron chi connectivity index (χ1n) is 25.5. The summed E-state index contributed by atoms with van der Waals surface area (Å²) < 4.78 is 0. The number of anilines is 2. The van der Waals surface area contributed by atoms with Gasteiger partial charge in [-0.1, -0.05) is 121 Å². The van der Waals surface area contributed by atoms with Gasteiger partial charge in [-0.05, 0) is 111 Å². The van der Waals surface area contributed by atoms with Gasteiger partial charge >= 0.3 is 0 Å². The van der Waals surface area contributed by atoms with Gasteiger partial charge in [0.15, 0.2) is 0 Å². The topological polar surface area (TPSA) is 164 Å². The van der Waals surface area contributed by atoms with Crippen LogP contribution in [0.2, 0.25) is 0 Å². The number of hydrogen-bond acceptors (Lipinski definition) is 8. The standard InChI is InChI=1S/C58H66N8O6/c1-37(59-3)53(67)61-47-27-25-43-17-11-19-45-33-49(65(51(43)45)55(47)69)57(71)63(31-29-39-13-7-5-8-14-39)35-41-21-23-42(24-22-41)36-64(32-30-40-15-9-6-10-16-40)58(72)50-34-46-20-12-18-44-26-28-48(56(70)66(50)52(44)46)62-54(68)38(2)60-4/h5-24,37-38,47-50,59-60H,25-36H2,1-4H3,(H,61,67)(H,62,68)/t37-,38-,47-,48-,49-,50-/m0/s1. The second-order valence-electron chi connectivity index (χ2n) is 19.7. The third kappa shape index (κ3) is 10.6. The van der Waals surface area contributed by atoms with Crippen molar-refractivity contribution in [3.05, 3.63) is 166 Å². The van der Waals surface area contributed by atoms with Crippen LogP contribution in [0.3, 0.4) is 0 Å². The molecule has 0 unspecified atom stereocenters. The van der Waals surface area contributed by atoms with Crippen molar-refractivity contribution in [2.75, 3.05) is 37.0 Å². The van der Waals surface area contributed by atoms with E-state index in [2.05, 4.69) is 21.3 Å². The van der Waals surface area contributed by atoms with E-state index < -0.39 is 36.3 Å². The molecule has 14 nitrogen and oxygen atoms in total. The third-order valence-electron chi connectivity index (χ3n) is 15.1. The number of carbonyl (C=O) groups excluding carboxylic acids is 6. The second kappa shape index (κ2) is 22.1. The Hall–Kier alpha value is -7.16. The van der Waals surface area contributed by atoms with Crippen molar-refractivity contribution in [1.29, 1.82) is 0 Å². The minimum Gasteiger partial charge on any atom is -0.343 e. The van der Waals surface area contributed by atoms with Gasteiger partial charge in [-0.3, -0.25) is 38.6 Å². The quantitative estimate of drug-likeness (QED) is 0.0972. The maximum absolute atomic E-state index is 15.1. The molecule has 0 aliphatic carbocycles. The molecular weight excluding hydrogens is 905 g/mol. The monoisotopic (exact) mass is 971 g/mol. The molecule has 0 radical (unpaired) electrons. The second-order valence-corrected chi connectivity index (χ2v) is 19.7. The van der Waals surface area contributed by atoms with Crippen LogP contribution in [0, 0.1) is 0 Å². The summed E-state index contributed by atoms with van der Waals surface area (Å²) in [4.78, 5) is 92.6. The molecule has 0 saturated heterocycles. The molecule has 4 aliphatic heterocycles. The van der Waals surface area contributed by atoms with Gasteiger partial charge in [0, 0.05) is 39.0 Å². The van der Waals surface area contributed by atoms with Crippen LogP contribution in [0.25, 0.3) is 0 Å². The van der Waals surface area contributed by atoms with Gasteiger partial charge in [-0.25, -0.2) is 0 Å². The molecule has 9 rings (SSSR count). The molecule has 4 heterocycles. The van der Waals surface area contributed by atoms with E-state index in [9.17, 15) is 19.2 Å². The Morgan fingerprint density at radius 1 is 0.514 bits per heavy atom. The number of carbonyl (C=O) groups is 6. The minimum atomic E-state index is -0.788. The largest absolute Gasteiger partial charge is 0.343 e. The molecule has 6 atom stereocenters. The van der Waals surface area contributed by atoms with Crippen LogP contribution < -0.4 is 31.1 Å². The fourth-order valence-corrected chi connectivity index (χ4v) is 10.7. The van der Waals surface area contributed by atoms with Crippen LogP contribution in [0.1, 0.15) is 71.2 Å². The average Bonchev–Trinajstić information content (AvgIpc) is 3.93. The molecule has 0 saturated carbocycles. The molecule has 4 N–H and O–H groups in total. The van der Waals surface area contributed by atoms with E-state index in [1.54, 1.807) is 37.7 Å².